The third kappa shape index (κ3) is 6.94. The topological polar surface area (TPSA) is 40.9 Å². The van der Waals surface area contributed by atoms with Crippen LogP contribution in [-0.4, -0.2) is 27.6 Å². The maximum Gasteiger partial charge on any atom is 0.389 e. The van der Waals surface area contributed by atoms with Crippen LogP contribution in [0, 0.1) is 6.92 Å². The standard InChI is InChI=1S/C21H27F3N4/c1-5-19(13-26-16(3)8-9-21(22,23)24)20-7-6-17(4)28(27-20)14-18-10-15(2)11-25-12-18/h10-13H,4-9,14H2,1-3H3/b19-13+,26-16+. The first kappa shape index (κ1) is 21.9. The minimum Gasteiger partial charge on any atom is -0.266 e. The van der Waals surface area contributed by atoms with Gasteiger partial charge in [-0.3, -0.25) is 15.0 Å². The predicted molar refractivity (Wildman–Crippen MR) is 107 cm³/mol. The van der Waals surface area contributed by atoms with Crippen molar-refractivity contribution < 1.29 is 13.2 Å². The second kappa shape index (κ2) is 9.66. The molecule has 0 saturated carbocycles. The van der Waals surface area contributed by atoms with Gasteiger partial charge in [-0.25, -0.2) is 0 Å². The Hall–Kier alpha value is -2.44. The van der Waals surface area contributed by atoms with E-state index in [1.165, 1.54) is 0 Å². The number of alkyl halides is 3. The molecule has 0 atom stereocenters. The number of aromatic nitrogens is 1. The van der Waals surface area contributed by atoms with E-state index in [4.69, 9.17) is 5.10 Å². The summed E-state index contributed by atoms with van der Waals surface area (Å²) in [6.07, 6.45) is 2.42. The SMILES string of the molecule is C=C1CCC(/C(=C/N=C(\C)CCC(F)(F)F)CC)=NN1Cc1cncc(C)c1. The molecule has 0 amide bonds. The van der Waals surface area contributed by atoms with Gasteiger partial charge < -0.3 is 0 Å². The van der Waals surface area contributed by atoms with Crippen LogP contribution in [0.4, 0.5) is 13.2 Å². The summed E-state index contributed by atoms with van der Waals surface area (Å²) in [5, 5.41) is 6.60. The van der Waals surface area contributed by atoms with Crippen LogP contribution in [0.3, 0.4) is 0 Å². The van der Waals surface area contributed by atoms with Crippen molar-refractivity contribution in [2.75, 3.05) is 0 Å². The van der Waals surface area contributed by atoms with Gasteiger partial charge in [0.15, 0.2) is 0 Å². The highest BCUT2D eigenvalue weighted by atomic mass is 19.4. The van der Waals surface area contributed by atoms with Gasteiger partial charge in [0.25, 0.3) is 0 Å². The van der Waals surface area contributed by atoms with Crippen LogP contribution in [0.5, 0.6) is 0 Å². The van der Waals surface area contributed by atoms with E-state index in [-0.39, 0.29) is 6.42 Å². The van der Waals surface area contributed by atoms with Crippen LogP contribution < -0.4 is 0 Å². The molecule has 0 fully saturated rings. The van der Waals surface area contributed by atoms with E-state index in [2.05, 4.69) is 22.6 Å². The van der Waals surface area contributed by atoms with Crippen LogP contribution in [-0.2, 0) is 6.54 Å². The fourth-order valence-corrected chi connectivity index (χ4v) is 2.85. The predicted octanol–water partition coefficient (Wildman–Crippen LogP) is 5.95. The Labute approximate surface area is 164 Å². The van der Waals surface area contributed by atoms with E-state index in [1.54, 1.807) is 19.3 Å². The number of rotatable bonds is 7. The average Bonchev–Trinajstić information content (AvgIpc) is 2.62. The lowest BCUT2D eigenvalue weighted by Crippen LogP contribution is -2.24. The van der Waals surface area contributed by atoms with Crippen molar-refractivity contribution in [3.05, 3.63) is 53.6 Å². The molecule has 28 heavy (non-hydrogen) atoms. The minimum absolute atomic E-state index is 0.0905. The first-order valence-corrected chi connectivity index (χ1v) is 9.40. The molecule has 0 N–H and O–H groups in total. The Bertz CT molecular complexity index is 791. The Morgan fingerprint density at radius 3 is 2.71 bits per heavy atom. The van der Waals surface area contributed by atoms with E-state index in [1.807, 2.05) is 25.1 Å². The van der Waals surface area contributed by atoms with E-state index >= 15 is 0 Å². The molecule has 1 aliphatic heterocycles. The lowest BCUT2D eigenvalue weighted by molar-refractivity contribution is -0.132. The number of hydrogen-bond acceptors (Lipinski definition) is 4. The fourth-order valence-electron chi connectivity index (χ4n) is 2.85. The first-order valence-electron chi connectivity index (χ1n) is 9.40. The number of hydrazone groups is 1. The summed E-state index contributed by atoms with van der Waals surface area (Å²) < 4.78 is 37.0. The smallest absolute Gasteiger partial charge is 0.266 e. The van der Waals surface area contributed by atoms with E-state index in [9.17, 15) is 13.2 Å². The summed E-state index contributed by atoms with van der Waals surface area (Å²) in [4.78, 5) is 8.45. The van der Waals surface area contributed by atoms with Crippen molar-refractivity contribution in [1.29, 1.82) is 0 Å². The fraction of sp³-hybridized carbons (Fsp3) is 0.476. The van der Waals surface area contributed by atoms with E-state index < -0.39 is 12.6 Å². The summed E-state index contributed by atoms with van der Waals surface area (Å²) in [5.41, 5.74) is 5.38. The van der Waals surface area contributed by atoms with Gasteiger partial charge in [0.1, 0.15) is 0 Å². The largest absolute Gasteiger partial charge is 0.389 e. The first-order chi connectivity index (χ1) is 13.2. The summed E-state index contributed by atoms with van der Waals surface area (Å²) >= 11 is 0. The third-order valence-corrected chi connectivity index (χ3v) is 4.48. The van der Waals surface area contributed by atoms with Crippen LogP contribution in [0.2, 0.25) is 0 Å². The molecule has 1 aliphatic rings. The van der Waals surface area contributed by atoms with Gasteiger partial charge in [-0.15, -0.1) is 0 Å². The highest BCUT2D eigenvalue weighted by molar-refractivity contribution is 6.00. The summed E-state index contributed by atoms with van der Waals surface area (Å²) in [7, 11) is 0. The lowest BCUT2D eigenvalue weighted by Gasteiger charge is -2.28. The highest BCUT2D eigenvalue weighted by Crippen LogP contribution is 2.25. The summed E-state index contributed by atoms with van der Waals surface area (Å²) in [6.45, 7) is 10.3. The number of aryl methyl sites for hydroxylation is 1. The lowest BCUT2D eigenvalue weighted by atomic mass is 10.0. The molecule has 2 heterocycles. The Morgan fingerprint density at radius 1 is 1.32 bits per heavy atom. The molecule has 0 spiro atoms. The molecule has 0 bridgehead atoms. The normalized spacial score (nSPS) is 16.4. The second-order valence-electron chi connectivity index (χ2n) is 7.03. The zero-order chi connectivity index (χ0) is 20.7. The number of pyridine rings is 1. The van der Waals surface area contributed by atoms with Gasteiger partial charge in [-0.05, 0) is 56.2 Å². The molecule has 0 aliphatic carbocycles. The molecule has 0 radical (unpaired) electrons. The molecule has 4 nitrogen and oxygen atoms in total. The molecular formula is C21H27F3N4. The highest BCUT2D eigenvalue weighted by Gasteiger charge is 2.26. The number of aliphatic imine (C=N–C) groups is 1. The van der Waals surface area contributed by atoms with Crippen molar-refractivity contribution in [3.63, 3.8) is 0 Å². The quantitative estimate of drug-likeness (QED) is 0.538. The van der Waals surface area contributed by atoms with Crippen molar-refractivity contribution in [1.82, 2.24) is 9.99 Å². The number of hydrogen-bond donors (Lipinski definition) is 0. The maximum absolute atomic E-state index is 12.3. The van der Waals surface area contributed by atoms with Crippen LogP contribution in [0.1, 0.15) is 57.1 Å². The molecular weight excluding hydrogens is 365 g/mol. The molecule has 0 unspecified atom stereocenters. The van der Waals surface area contributed by atoms with Crippen molar-refractivity contribution in [2.24, 2.45) is 10.1 Å². The number of nitrogens with zero attached hydrogens (tertiary/aromatic N) is 4. The zero-order valence-electron chi connectivity index (χ0n) is 16.7. The molecule has 7 heteroatoms. The maximum atomic E-state index is 12.3. The van der Waals surface area contributed by atoms with Gasteiger partial charge in [0, 0.05) is 36.4 Å². The zero-order valence-corrected chi connectivity index (χ0v) is 16.7. The van der Waals surface area contributed by atoms with Gasteiger partial charge in [0.05, 0.1) is 12.3 Å². The molecule has 2 rings (SSSR count). The molecule has 0 saturated heterocycles. The Balaban J connectivity index is 2.14. The average molecular weight is 392 g/mol. The van der Waals surface area contributed by atoms with Gasteiger partial charge in [-0.1, -0.05) is 19.6 Å². The molecule has 1 aromatic rings. The monoisotopic (exact) mass is 392 g/mol. The summed E-state index contributed by atoms with van der Waals surface area (Å²) in [5.74, 6) is 0. The van der Waals surface area contributed by atoms with Crippen LogP contribution in [0.25, 0.3) is 0 Å². The Kier molecular flexibility index (Phi) is 7.54. The summed E-state index contributed by atoms with van der Waals surface area (Å²) in [6, 6.07) is 2.06. The second-order valence-corrected chi connectivity index (χ2v) is 7.03. The van der Waals surface area contributed by atoms with Gasteiger partial charge in [0.2, 0.25) is 0 Å². The number of halogens is 3. The van der Waals surface area contributed by atoms with Gasteiger partial charge >= 0.3 is 6.18 Å². The van der Waals surface area contributed by atoms with Crippen LogP contribution >= 0.6 is 0 Å². The van der Waals surface area contributed by atoms with Crippen molar-refractivity contribution in [3.8, 4) is 0 Å². The van der Waals surface area contributed by atoms with Crippen molar-refractivity contribution >= 4 is 11.4 Å². The van der Waals surface area contributed by atoms with Crippen LogP contribution in [0.15, 0.2) is 52.6 Å². The van der Waals surface area contributed by atoms with E-state index in [0.29, 0.717) is 18.7 Å². The van der Waals surface area contributed by atoms with E-state index in [0.717, 1.165) is 41.0 Å². The molecule has 152 valence electrons. The molecule has 1 aromatic heterocycles. The molecule has 0 aromatic carbocycles. The number of allylic oxidation sites excluding steroid dienone is 2. The van der Waals surface area contributed by atoms with Crippen molar-refractivity contribution in [2.45, 2.75) is 65.6 Å². The minimum atomic E-state index is -4.16. The Morgan fingerprint density at radius 2 is 2.07 bits per heavy atom. The third-order valence-electron chi connectivity index (χ3n) is 4.48. The van der Waals surface area contributed by atoms with Gasteiger partial charge in [-0.2, -0.15) is 18.3 Å².